The van der Waals surface area contributed by atoms with Gasteiger partial charge in [-0.3, -0.25) is 9.89 Å². The Labute approximate surface area is 145 Å². The molecule has 0 radical (unpaired) electrons. The van der Waals surface area contributed by atoms with Gasteiger partial charge in [-0.05, 0) is 56.2 Å². The number of aromatic nitrogens is 3. The number of anilines is 1. The summed E-state index contributed by atoms with van der Waals surface area (Å²) in [6.07, 6.45) is 1.60. The Morgan fingerprint density at radius 2 is 2.21 bits per heavy atom. The molecule has 0 saturated carbocycles. The molecule has 0 aliphatic heterocycles. The minimum Gasteiger partial charge on any atom is -0.395 e. The van der Waals surface area contributed by atoms with Gasteiger partial charge in [-0.25, -0.2) is 0 Å². The number of likely N-dealkylation sites (N-methyl/N-ethyl adjacent to an activating group) is 1. The van der Waals surface area contributed by atoms with Crippen molar-refractivity contribution in [3.63, 3.8) is 0 Å². The first-order valence-electron chi connectivity index (χ1n) is 7.67. The molecule has 1 aromatic carbocycles. The Balaban J connectivity index is 2.33. The highest BCUT2D eigenvalue weighted by Crippen LogP contribution is 2.18. The number of benzene rings is 1. The van der Waals surface area contributed by atoms with Crippen LogP contribution in [0.1, 0.15) is 23.7 Å². The smallest absolute Gasteiger partial charge is 0.296 e. The van der Waals surface area contributed by atoms with Crippen LogP contribution in [0.4, 0.5) is 5.69 Å². The van der Waals surface area contributed by atoms with Crippen LogP contribution in [0.3, 0.4) is 0 Å². The molecular formula is C16H21N5O2S. The number of aromatic amines is 1. The third kappa shape index (κ3) is 3.95. The predicted molar refractivity (Wildman–Crippen MR) is 97.6 cm³/mol. The highest BCUT2D eigenvalue weighted by Gasteiger charge is 2.06. The zero-order chi connectivity index (χ0) is 17.7. The summed E-state index contributed by atoms with van der Waals surface area (Å²) in [5.74, 6) is 0. The van der Waals surface area contributed by atoms with Gasteiger partial charge in [0.25, 0.3) is 5.56 Å². The number of nitrogens with zero attached hydrogens (tertiary/aromatic N) is 4. The van der Waals surface area contributed by atoms with E-state index in [9.17, 15) is 4.79 Å². The fourth-order valence-electron chi connectivity index (χ4n) is 2.29. The lowest BCUT2D eigenvalue weighted by Crippen LogP contribution is -2.26. The van der Waals surface area contributed by atoms with Crippen molar-refractivity contribution in [2.24, 2.45) is 5.10 Å². The van der Waals surface area contributed by atoms with Crippen LogP contribution < -0.4 is 10.5 Å². The van der Waals surface area contributed by atoms with E-state index in [1.165, 1.54) is 0 Å². The van der Waals surface area contributed by atoms with Crippen molar-refractivity contribution in [2.45, 2.75) is 20.8 Å². The largest absolute Gasteiger partial charge is 0.395 e. The van der Waals surface area contributed by atoms with Crippen molar-refractivity contribution in [3.8, 4) is 0 Å². The monoisotopic (exact) mass is 347 g/mol. The van der Waals surface area contributed by atoms with E-state index in [1.807, 2.05) is 32.0 Å². The quantitative estimate of drug-likeness (QED) is 0.612. The van der Waals surface area contributed by atoms with E-state index in [-0.39, 0.29) is 16.9 Å². The van der Waals surface area contributed by atoms with E-state index in [2.05, 4.69) is 20.2 Å². The molecule has 128 valence electrons. The van der Waals surface area contributed by atoms with E-state index in [1.54, 1.807) is 13.1 Å². The summed E-state index contributed by atoms with van der Waals surface area (Å²) in [4.78, 5) is 14.1. The molecule has 8 heteroatoms. The number of aliphatic hydroxyl groups is 1. The first kappa shape index (κ1) is 18.0. The molecule has 2 rings (SSSR count). The number of nitrogens with one attached hydrogen (secondary N) is 1. The molecule has 0 unspecified atom stereocenters. The maximum Gasteiger partial charge on any atom is 0.296 e. The number of aliphatic hydroxyl groups excluding tert-OH is 1. The summed E-state index contributed by atoms with van der Waals surface area (Å²) in [6, 6.07) is 5.93. The number of H-pyrrole nitrogens is 1. The van der Waals surface area contributed by atoms with Crippen LogP contribution in [0.5, 0.6) is 0 Å². The zero-order valence-corrected chi connectivity index (χ0v) is 14.8. The van der Waals surface area contributed by atoms with Gasteiger partial charge in [-0.2, -0.15) is 14.9 Å². The second-order valence-electron chi connectivity index (χ2n) is 5.32. The lowest BCUT2D eigenvalue weighted by atomic mass is 10.1. The highest BCUT2D eigenvalue weighted by atomic mass is 32.1. The van der Waals surface area contributed by atoms with Gasteiger partial charge in [0, 0.05) is 18.8 Å². The highest BCUT2D eigenvalue weighted by molar-refractivity contribution is 7.71. The Bertz CT molecular complexity index is 856. The molecule has 1 heterocycles. The van der Waals surface area contributed by atoms with Crippen LogP contribution >= 0.6 is 12.2 Å². The van der Waals surface area contributed by atoms with Crippen molar-refractivity contribution < 1.29 is 5.11 Å². The van der Waals surface area contributed by atoms with Crippen molar-refractivity contribution in [1.82, 2.24) is 14.9 Å². The van der Waals surface area contributed by atoms with Gasteiger partial charge in [-0.15, -0.1) is 0 Å². The molecule has 0 amide bonds. The summed E-state index contributed by atoms with van der Waals surface area (Å²) < 4.78 is 1.27. The number of hydrogen-bond acceptors (Lipinski definition) is 6. The number of hydrogen-bond donors (Lipinski definition) is 2. The van der Waals surface area contributed by atoms with E-state index in [0.717, 1.165) is 28.0 Å². The van der Waals surface area contributed by atoms with Gasteiger partial charge in [0.15, 0.2) is 0 Å². The lowest BCUT2D eigenvalue weighted by molar-refractivity contribution is 0.302. The minimum absolute atomic E-state index is 0.110. The van der Waals surface area contributed by atoms with E-state index < -0.39 is 0 Å². The van der Waals surface area contributed by atoms with E-state index >= 15 is 0 Å². The summed E-state index contributed by atoms with van der Waals surface area (Å²) in [7, 11) is 0. The van der Waals surface area contributed by atoms with Crippen molar-refractivity contribution in [3.05, 3.63) is 50.1 Å². The van der Waals surface area contributed by atoms with Gasteiger partial charge >= 0.3 is 0 Å². The van der Waals surface area contributed by atoms with Crippen molar-refractivity contribution >= 4 is 24.1 Å². The zero-order valence-electron chi connectivity index (χ0n) is 14.0. The van der Waals surface area contributed by atoms with Gasteiger partial charge in [-0.1, -0.05) is 6.07 Å². The summed E-state index contributed by atoms with van der Waals surface area (Å²) in [5, 5.41) is 19.7. The SMILES string of the molecule is CCN(CCO)c1ccc(/C=N\n2c(=S)[nH]nc(C)c2=O)c(C)c1. The van der Waals surface area contributed by atoms with Crippen LogP contribution in [0.2, 0.25) is 0 Å². The Hall–Kier alpha value is -2.32. The first-order chi connectivity index (χ1) is 11.5. The molecule has 0 atom stereocenters. The molecule has 1 aromatic heterocycles. The third-order valence-electron chi connectivity index (χ3n) is 3.70. The molecular weight excluding hydrogens is 326 g/mol. The fraction of sp³-hybridized carbons (Fsp3) is 0.375. The molecule has 0 aliphatic carbocycles. The van der Waals surface area contributed by atoms with Crippen LogP contribution in [0.25, 0.3) is 0 Å². The molecule has 2 N–H and O–H groups in total. The lowest BCUT2D eigenvalue weighted by Gasteiger charge is -2.22. The van der Waals surface area contributed by atoms with Crippen molar-refractivity contribution in [2.75, 3.05) is 24.6 Å². The second-order valence-corrected chi connectivity index (χ2v) is 5.71. The molecule has 0 bridgehead atoms. The van der Waals surface area contributed by atoms with Gasteiger partial charge in [0.05, 0.1) is 12.8 Å². The molecule has 0 spiro atoms. The second kappa shape index (κ2) is 7.98. The van der Waals surface area contributed by atoms with Crippen LogP contribution in [0.15, 0.2) is 28.1 Å². The van der Waals surface area contributed by atoms with Crippen LogP contribution in [-0.4, -0.2) is 45.9 Å². The molecule has 0 fully saturated rings. The average molecular weight is 347 g/mol. The van der Waals surface area contributed by atoms with Crippen LogP contribution in [-0.2, 0) is 0 Å². The maximum absolute atomic E-state index is 12.0. The first-order valence-corrected chi connectivity index (χ1v) is 8.08. The number of aryl methyl sites for hydroxylation is 2. The average Bonchev–Trinajstić information content (AvgIpc) is 2.57. The Morgan fingerprint density at radius 1 is 1.46 bits per heavy atom. The minimum atomic E-state index is -0.343. The van der Waals surface area contributed by atoms with Gasteiger partial charge in [0.1, 0.15) is 5.69 Å². The summed E-state index contributed by atoms with van der Waals surface area (Å²) >= 11 is 5.05. The Morgan fingerprint density at radius 3 is 2.83 bits per heavy atom. The standard InChI is InChI=1S/C16H21N5O2S/c1-4-20(7-8-22)14-6-5-13(11(2)9-14)10-17-21-15(23)12(3)18-19-16(21)24/h5-6,9-10,22H,4,7-8H2,1-3H3,(H,19,24)/b17-10-. The van der Waals surface area contributed by atoms with E-state index in [4.69, 9.17) is 17.3 Å². The maximum atomic E-state index is 12.0. The van der Waals surface area contributed by atoms with E-state index in [0.29, 0.717) is 12.2 Å². The normalized spacial score (nSPS) is 11.2. The summed E-state index contributed by atoms with van der Waals surface area (Å²) in [5.41, 5.74) is 2.89. The van der Waals surface area contributed by atoms with Crippen molar-refractivity contribution in [1.29, 1.82) is 0 Å². The van der Waals surface area contributed by atoms with Gasteiger partial charge < -0.3 is 10.0 Å². The number of rotatable bonds is 6. The molecule has 0 saturated heterocycles. The Kier molecular flexibility index (Phi) is 5.99. The molecule has 7 nitrogen and oxygen atoms in total. The molecule has 2 aromatic rings. The fourth-order valence-corrected chi connectivity index (χ4v) is 2.46. The topological polar surface area (TPSA) is 86.5 Å². The molecule has 0 aliphatic rings. The predicted octanol–water partition coefficient (Wildman–Crippen LogP) is 1.62. The van der Waals surface area contributed by atoms with Gasteiger partial charge in [0.2, 0.25) is 4.77 Å². The third-order valence-corrected chi connectivity index (χ3v) is 3.96. The van der Waals surface area contributed by atoms with Crippen LogP contribution in [0, 0.1) is 18.6 Å². The molecule has 24 heavy (non-hydrogen) atoms. The summed E-state index contributed by atoms with van der Waals surface area (Å²) in [6.45, 7) is 7.12.